The molecule has 14 heteroatoms. The average Bonchev–Trinajstić information content (AvgIpc) is 2.48. The van der Waals surface area contributed by atoms with E-state index >= 15 is 0 Å². The molecule has 0 radical (unpaired) electrons. The molecule has 2 atom stereocenters. The zero-order chi connectivity index (χ0) is 17.7. The van der Waals surface area contributed by atoms with E-state index in [0.29, 0.717) is 0 Å². The zero-order valence-electron chi connectivity index (χ0n) is 13.3. The summed E-state index contributed by atoms with van der Waals surface area (Å²) in [5.41, 5.74) is -1.46. The van der Waals surface area contributed by atoms with Gasteiger partial charge >= 0.3 is 64.4 Å². The van der Waals surface area contributed by atoms with Crippen LogP contribution in [0.5, 0.6) is 0 Å². The van der Waals surface area contributed by atoms with E-state index in [9.17, 15) is 38.5 Å². The molecule has 0 aromatic carbocycles. The minimum atomic E-state index is -2.29. The van der Waals surface area contributed by atoms with Gasteiger partial charge in [-0.3, -0.25) is 0 Å². The van der Waals surface area contributed by atoms with Crippen molar-refractivity contribution >= 4 is 38.6 Å². The van der Waals surface area contributed by atoms with Crippen LogP contribution in [0.1, 0.15) is 25.7 Å². The van der Waals surface area contributed by atoms with Gasteiger partial charge in [-0.15, -0.1) is 0 Å². The van der Waals surface area contributed by atoms with E-state index in [1.165, 1.54) is 0 Å². The largest absolute Gasteiger partial charge is 1.00 e. The molecular formula is C10H14Li2O10P2+2. The third kappa shape index (κ3) is 19.6. The molecule has 0 aliphatic heterocycles. The van der Waals surface area contributed by atoms with Crippen molar-refractivity contribution in [2.24, 2.45) is 0 Å². The molecule has 2 N–H and O–H groups in total. The molecular weight excluding hydrogens is 356 g/mol. The number of carbonyl (C=O) groups is 4. The Hall–Kier alpha value is -0.405. The van der Waals surface area contributed by atoms with Crippen LogP contribution in [0, 0.1) is 0 Å². The summed E-state index contributed by atoms with van der Waals surface area (Å²) in [6.45, 7) is 0. The van der Waals surface area contributed by atoms with Gasteiger partial charge < -0.3 is 30.0 Å². The predicted molar refractivity (Wildman–Crippen MR) is 67.9 cm³/mol. The fraction of sp³-hybridized carbons (Fsp3) is 0.600. The van der Waals surface area contributed by atoms with E-state index in [0.717, 1.165) is 0 Å². The maximum Gasteiger partial charge on any atom is 1.00 e. The summed E-state index contributed by atoms with van der Waals surface area (Å²) in [7, 11) is -4.59. The SMILES string of the molecule is O=C([O-])CCC(=O)[P+](=O)CO.O=C([O-])CCC(=O)[P+](=O)CO.[Li+].[Li+]. The molecule has 0 heterocycles. The standard InChI is InChI=1S/2C5H7O5P.2Li/c2*6-3-11(10)5(9)2-1-4(7)8;;/h2*6H,1-3H2;;/q;;2*+1. The molecule has 24 heavy (non-hydrogen) atoms. The van der Waals surface area contributed by atoms with E-state index in [4.69, 9.17) is 10.2 Å². The van der Waals surface area contributed by atoms with Gasteiger partial charge in [-0.05, 0) is 12.8 Å². The molecule has 0 fully saturated rings. The smallest absolute Gasteiger partial charge is 0.550 e. The van der Waals surface area contributed by atoms with Gasteiger partial charge in [0.1, 0.15) is 0 Å². The van der Waals surface area contributed by atoms with Crippen molar-refractivity contribution < 1.29 is 86.5 Å². The molecule has 0 amide bonds. The van der Waals surface area contributed by atoms with Gasteiger partial charge in [0, 0.05) is 11.9 Å². The maximum absolute atomic E-state index is 10.5. The van der Waals surface area contributed by atoms with Crippen LogP contribution < -0.4 is 47.9 Å². The number of aliphatic hydroxyl groups excluding tert-OH is 2. The van der Waals surface area contributed by atoms with Crippen molar-refractivity contribution in [2.75, 3.05) is 12.7 Å². The van der Waals surface area contributed by atoms with Crippen molar-refractivity contribution in [2.45, 2.75) is 25.7 Å². The topological polar surface area (TPSA) is 189 Å². The van der Waals surface area contributed by atoms with Crippen molar-refractivity contribution in [3.05, 3.63) is 0 Å². The Bertz CT molecular complexity index is 427. The quantitative estimate of drug-likeness (QED) is 0.276. The first-order chi connectivity index (χ1) is 10.1. The second-order valence-corrected chi connectivity index (χ2v) is 6.65. The molecule has 0 saturated heterocycles. The number of hydrogen-bond donors (Lipinski definition) is 2. The zero-order valence-corrected chi connectivity index (χ0v) is 15.1. The van der Waals surface area contributed by atoms with Crippen LogP contribution in [0.4, 0.5) is 0 Å². The number of carboxylic acid groups (broad SMARTS) is 2. The van der Waals surface area contributed by atoms with Crippen molar-refractivity contribution in [1.29, 1.82) is 0 Å². The van der Waals surface area contributed by atoms with Gasteiger partial charge in [0.05, 0.1) is 12.8 Å². The summed E-state index contributed by atoms with van der Waals surface area (Å²) in [4.78, 5) is 40.7. The maximum atomic E-state index is 10.5. The van der Waals surface area contributed by atoms with Crippen molar-refractivity contribution in [3.8, 4) is 0 Å². The molecule has 0 bridgehead atoms. The van der Waals surface area contributed by atoms with Crippen LogP contribution in [0.25, 0.3) is 0 Å². The number of aliphatic carboxylic acids is 2. The van der Waals surface area contributed by atoms with Crippen LogP contribution in [-0.2, 0) is 28.3 Å². The third-order valence-corrected chi connectivity index (χ3v) is 3.97. The van der Waals surface area contributed by atoms with Gasteiger partial charge in [-0.1, -0.05) is 9.13 Å². The van der Waals surface area contributed by atoms with Crippen LogP contribution >= 0.6 is 15.6 Å². The van der Waals surface area contributed by atoms with Crippen LogP contribution in [0.15, 0.2) is 0 Å². The van der Waals surface area contributed by atoms with Crippen LogP contribution in [0.3, 0.4) is 0 Å². The van der Waals surface area contributed by atoms with Crippen molar-refractivity contribution in [3.63, 3.8) is 0 Å². The van der Waals surface area contributed by atoms with Crippen LogP contribution in [0.2, 0.25) is 0 Å². The summed E-state index contributed by atoms with van der Waals surface area (Å²) in [6.07, 6.45) is -3.00. The van der Waals surface area contributed by atoms with E-state index in [2.05, 4.69) is 0 Å². The number of carboxylic acids is 2. The molecule has 0 aliphatic rings. The average molecular weight is 370 g/mol. The van der Waals surface area contributed by atoms with Gasteiger partial charge in [0.25, 0.3) is 12.7 Å². The van der Waals surface area contributed by atoms with E-state index in [-0.39, 0.29) is 50.6 Å². The Morgan fingerprint density at radius 1 is 0.667 bits per heavy atom. The van der Waals surface area contributed by atoms with Gasteiger partial charge in [0.2, 0.25) is 0 Å². The summed E-state index contributed by atoms with van der Waals surface area (Å²) in [6, 6.07) is 0. The summed E-state index contributed by atoms with van der Waals surface area (Å²) in [5.74, 6) is -2.72. The molecule has 2 unspecified atom stereocenters. The van der Waals surface area contributed by atoms with Gasteiger partial charge in [-0.2, -0.15) is 0 Å². The summed E-state index contributed by atoms with van der Waals surface area (Å²) >= 11 is 0. The normalized spacial score (nSPS) is 9.92. The third-order valence-electron chi connectivity index (χ3n) is 1.90. The molecule has 0 aromatic rings. The van der Waals surface area contributed by atoms with E-state index < -0.39 is 64.1 Å². The molecule has 10 nitrogen and oxygen atoms in total. The first-order valence-electron chi connectivity index (χ1n) is 5.72. The fourth-order valence-electron chi connectivity index (χ4n) is 0.825. The van der Waals surface area contributed by atoms with Gasteiger partial charge in [-0.25, -0.2) is 9.59 Å². The Morgan fingerprint density at radius 3 is 1.08 bits per heavy atom. The Kier molecular flexibility index (Phi) is 24.7. The fourth-order valence-corrected chi connectivity index (χ4v) is 1.86. The molecule has 0 spiro atoms. The van der Waals surface area contributed by atoms with Gasteiger partial charge in [0.15, 0.2) is 0 Å². The number of rotatable bonds is 10. The van der Waals surface area contributed by atoms with Crippen molar-refractivity contribution in [1.82, 2.24) is 0 Å². The molecule has 0 rings (SSSR count). The molecule has 124 valence electrons. The number of aliphatic hydroxyl groups is 2. The Labute approximate surface area is 163 Å². The Morgan fingerprint density at radius 2 is 0.917 bits per heavy atom. The molecule has 0 aromatic heterocycles. The summed E-state index contributed by atoms with van der Waals surface area (Å²) < 4.78 is 20.9. The molecule has 0 aliphatic carbocycles. The number of hydrogen-bond acceptors (Lipinski definition) is 10. The minimum Gasteiger partial charge on any atom is -0.550 e. The molecule has 0 saturated carbocycles. The minimum absolute atomic E-state index is 0. The second kappa shape index (κ2) is 18.9. The summed E-state index contributed by atoms with van der Waals surface area (Å²) in [5, 5.41) is 36.0. The predicted octanol–water partition coefficient (Wildman–Crippen LogP) is -8.35. The first kappa shape index (κ1) is 31.4. The second-order valence-electron chi connectivity index (χ2n) is 3.57. The Balaban J connectivity index is -0.000000154. The number of carbonyl (C=O) groups excluding carboxylic acids is 4. The monoisotopic (exact) mass is 370 g/mol. The van der Waals surface area contributed by atoms with Crippen LogP contribution in [-0.4, -0.2) is 45.9 Å². The first-order valence-corrected chi connectivity index (χ1v) is 8.61. The van der Waals surface area contributed by atoms with E-state index in [1.807, 2.05) is 0 Å². The van der Waals surface area contributed by atoms with E-state index in [1.54, 1.807) is 0 Å².